The number of ether oxygens (including phenoxy) is 1. The molecule has 23 heavy (non-hydrogen) atoms. The van der Waals surface area contributed by atoms with Gasteiger partial charge in [-0.2, -0.15) is 0 Å². The first-order valence-electron chi connectivity index (χ1n) is 7.71. The van der Waals surface area contributed by atoms with Crippen molar-refractivity contribution >= 4 is 11.9 Å². The van der Waals surface area contributed by atoms with Crippen molar-refractivity contribution in [3.8, 4) is 11.1 Å². The number of carboxylic acids is 1. The van der Waals surface area contributed by atoms with Gasteiger partial charge in [-0.25, -0.2) is 9.59 Å². The Bertz CT molecular complexity index is 702. The van der Waals surface area contributed by atoms with E-state index in [0.717, 1.165) is 12.8 Å². The molecule has 4 heteroatoms. The molecular formula is C19H20O4. The lowest BCUT2D eigenvalue weighted by molar-refractivity contribution is 0.0285. The average Bonchev–Trinajstić information content (AvgIpc) is 2.59. The van der Waals surface area contributed by atoms with Crippen molar-refractivity contribution < 1.29 is 19.4 Å². The van der Waals surface area contributed by atoms with Crippen LogP contribution in [0.15, 0.2) is 48.5 Å². The maximum atomic E-state index is 12.5. The summed E-state index contributed by atoms with van der Waals surface area (Å²) < 4.78 is 5.51. The Balaban J connectivity index is 2.46. The van der Waals surface area contributed by atoms with Crippen molar-refractivity contribution in [3.05, 3.63) is 59.7 Å². The minimum Gasteiger partial charge on any atom is -0.478 e. The van der Waals surface area contributed by atoms with Crippen LogP contribution in [0.5, 0.6) is 0 Å². The van der Waals surface area contributed by atoms with Crippen molar-refractivity contribution in [3.63, 3.8) is 0 Å². The Hall–Kier alpha value is -2.62. The topological polar surface area (TPSA) is 63.6 Å². The molecule has 0 saturated carbocycles. The Morgan fingerprint density at radius 3 is 1.91 bits per heavy atom. The minimum absolute atomic E-state index is 0.134. The predicted octanol–water partition coefficient (Wildman–Crippen LogP) is 4.40. The van der Waals surface area contributed by atoms with Crippen LogP contribution in [0.4, 0.5) is 0 Å². The molecule has 2 aromatic rings. The third-order valence-corrected chi connectivity index (χ3v) is 3.78. The van der Waals surface area contributed by atoms with Gasteiger partial charge in [0.25, 0.3) is 0 Å². The summed E-state index contributed by atoms with van der Waals surface area (Å²) in [5.74, 6) is -1.45. The minimum atomic E-state index is -1.02. The number of benzene rings is 2. The number of carbonyl (C=O) groups is 2. The summed E-state index contributed by atoms with van der Waals surface area (Å²) >= 11 is 0. The molecule has 2 aromatic carbocycles. The average molecular weight is 312 g/mol. The summed E-state index contributed by atoms with van der Waals surface area (Å²) in [7, 11) is 0. The molecule has 0 fully saturated rings. The van der Waals surface area contributed by atoms with Crippen LogP contribution < -0.4 is 0 Å². The molecule has 4 nitrogen and oxygen atoms in total. The van der Waals surface area contributed by atoms with Crippen LogP contribution in [0.1, 0.15) is 47.4 Å². The lowest BCUT2D eigenvalue weighted by Crippen LogP contribution is -2.17. The van der Waals surface area contributed by atoms with E-state index in [1.165, 1.54) is 6.07 Å². The van der Waals surface area contributed by atoms with Crippen LogP contribution in [0.3, 0.4) is 0 Å². The van der Waals surface area contributed by atoms with Gasteiger partial charge in [0.2, 0.25) is 0 Å². The van der Waals surface area contributed by atoms with Gasteiger partial charge in [0, 0.05) is 0 Å². The zero-order chi connectivity index (χ0) is 16.8. The second kappa shape index (κ2) is 7.58. The standard InChI is InChI=1S/C19H20O4/c1-3-13(4-2)23-19(22)17-12-8-6-10-15(17)14-9-5-7-11-16(14)18(20)21/h5-13H,3-4H2,1-2H3,(H,20,21). The molecule has 0 aliphatic heterocycles. The normalized spacial score (nSPS) is 10.6. The van der Waals surface area contributed by atoms with Crippen LogP contribution in [0.2, 0.25) is 0 Å². The van der Waals surface area contributed by atoms with Crippen LogP contribution >= 0.6 is 0 Å². The first-order valence-corrected chi connectivity index (χ1v) is 7.71. The third-order valence-electron chi connectivity index (χ3n) is 3.78. The van der Waals surface area contributed by atoms with E-state index in [-0.39, 0.29) is 11.7 Å². The molecule has 0 aliphatic carbocycles. The second-order valence-corrected chi connectivity index (χ2v) is 5.24. The monoisotopic (exact) mass is 312 g/mol. The van der Waals surface area contributed by atoms with Gasteiger partial charge in [-0.3, -0.25) is 0 Å². The van der Waals surface area contributed by atoms with E-state index in [4.69, 9.17) is 4.74 Å². The van der Waals surface area contributed by atoms with E-state index in [2.05, 4.69) is 0 Å². The number of hydrogen-bond acceptors (Lipinski definition) is 3. The van der Waals surface area contributed by atoms with Gasteiger partial charge in [-0.15, -0.1) is 0 Å². The van der Waals surface area contributed by atoms with Crippen molar-refractivity contribution in [2.24, 2.45) is 0 Å². The summed E-state index contributed by atoms with van der Waals surface area (Å²) in [6, 6.07) is 13.6. The molecule has 0 aromatic heterocycles. The molecule has 0 bridgehead atoms. The lowest BCUT2D eigenvalue weighted by Gasteiger charge is -2.16. The van der Waals surface area contributed by atoms with Gasteiger partial charge in [0.1, 0.15) is 6.10 Å². The van der Waals surface area contributed by atoms with E-state index in [0.29, 0.717) is 16.7 Å². The predicted molar refractivity (Wildman–Crippen MR) is 88.6 cm³/mol. The number of aromatic carboxylic acids is 1. The highest BCUT2D eigenvalue weighted by molar-refractivity contribution is 6.02. The summed E-state index contributed by atoms with van der Waals surface area (Å²) in [6.45, 7) is 3.93. The van der Waals surface area contributed by atoms with E-state index < -0.39 is 11.9 Å². The molecule has 0 saturated heterocycles. The van der Waals surface area contributed by atoms with Crippen LogP contribution in [-0.4, -0.2) is 23.1 Å². The van der Waals surface area contributed by atoms with Crippen molar-refractivity contribution in [1.29, 1.82) is 0 Å². The van der Waals surface area contributed by atoms with E-state index in [9.17, 15) is 14.7 Å². The second-order valence-electron chi connectivity index (χ2n) is 5.24. The van der Waals surface area contributed by atoms with Gasteiger partial charge in [-0.1, -0.05) is 50.2 Å². The summed E-state index contributed by atoms with van der Waals surface area (Å²) in [5, 5.41) is 9.36. The lowest BCUT2D eigenvalue weighted by atomic mass is 9.95. The van der Waals surface area contributed by atoms with Crippen molar-refractivity contribution in [1.82, 2.24) is 0 Å². The molecular weight excluding hydrogens is 292 g/mol. The van der Waals surface area contributed by atoms with Gasteiger partial charge in [0.05, 0.1) is 11.1 Å². The Morgan fingerprint density at radius 2 is 1.39 bits per heavy atom. The first-order chi connectivity index (χ1) is 11.1. The van der Waals surface area contributed by atoms with Crippen LogP contribution in [-0.2, 0) is 4.74 Å². The Kier molecular flexibility index (Phi) is 5.52. The number of rotatable bonds is 6. The summed E-state index contributed by atoms with van der Waals surface area (Å²) in [4.78, 5) is 23.9. The maximum absolute atomic E-state index is 12.5. The first kappa shape index (κ1) is 16.7. The van der Waals surface area contributed by atoms with E-state index in [1.54, 1.807) is 42.5 Å². The molecule has 1 N–H and O–H groups in total. The highest BCUT2D eigenvalue weighted by Gasteiger charge is 2.20. The van der Waals surface area contributed by atoms with Crippen LogP contribution in [0, 0.1) is 0 Å². The molecule has 0 aliphatic rings. The SMILES string of the molecule is CCC(CC)OC(=O)c1ccccc1-c1ccccc1C(=O)O. The molecule has 0 unspecified atom stereocenters. The molecule has 2 rings (SSSR count). The molecule has 0 spiro atoms. The zero-order valence-corrected chi connectivity index (χ0v) is 13.3. The Labute approximate surface area is 135 Å². The van der Waals surface area contributed by atoms with E-state index >= 15 is 0 Å². The summed E-state index contributed by atoms with van der Waals surface area (Å²) in [5.41, 5.74) is 1.63. The largest absolute Gasteiger partial charge is 0.478 e. The third kappa shape index (κ3) is 3.77. The van der Waals surface area contributed by atoms with Crippen molar-refractivity contribution in [2.75, 3.05) is 0 Å². The number of carbonyl (C=O) groups excluding carboxylic acids is 1. The van der Waals surface area contributed by atoms with Gasteiger partial charge >= 0.3 is 11.9 Å². The fourth-order valence-electron chi connectivity index (χ4n) is 2.47. The van der Waals surface area contributed by atoms with Gasteiger partial charge in [-0.05, 0) is 36.1 Å². The highest BCUT2D eigenvalue weighted by atomic mass is 16.5. The molecule has 0 amide bonds. The quantitative estimate of drug-likeness (QED) is 0.803. The van der Waals surface area contributed by atoms with Gasteiger partial charge in [0.15, 0.2) is 0 Å². The summed E-state index contributed by atoms with van der Waals surface area (Å²) in [6.07, 6.45) is 1.36. The number of carboxylic acid groups (broad SMARTS) is 1. The van der Waals surface area contributed by atoms with Gasteiger partial charge < -0.3 is 9.84 Å². The molecule has 0 radical (unpaired) electrons. The molecule has 0 atom stereocenters. The maximum Gasteiger partial charge on any atom is 0.339 e. The molecule has 120 valence electrons. The van der Waals surface area contributed by atoms with E-state index in [1.807, 2.05) is 13.8 Å². The van der Waals surface area contributed by atoms with Crippen LogP contribution in [0.25, 0.3) is 11.1 Å². The number of hydrogen-bond donors (Lipinski definition) is 1. The number of esters is 1. The highest BCUT2D eigenvalue weighted by Crippen LogP contribution is 2.28. The Morgan fingerprint density at radius 1 is 0.913 bits per heavy atom. The fraction of sp³-hybridized carbons (Fsp3) is 0.263. The molecule has 0 heterocycles. The zero-order valence-electron chi connectivity index (χ0n) is 13.3. The fourth-order valence-corrected chi connectivity index (χ4v) is 2.47. The smallest absolute Gasteiger partial charge is 0.339 e. The van der Waals surface area contributed by atoms with Crippen molar-refractivity contribution in [2.45, 2.75) is 32.8 Å².